The SMILES string of the molecule is Nc1ccc(F)nc1[N+](=O)[O-]. The Morgan fingerprint density at radius 2 is 2.27 bits per heavy atom. The van der Waals surface area contributed by atoms with E-state index in [-0.39, 0.29) is 5.69 Å². The molecule has 1 rings (SSSR count). The van der Waals surface area contributed by atoms with Gasteiger partial charge in [0.1, 0.15) is 5.69 Å². The molecule has 0 fully saturated rings. The highest BCUT2D eigenvalue weighted by atomic mass is 19.1. The molecule has 1 heterocycles. The molecule has 0 aromatic carbocycles. The van der Waals surface area contributed by atoms with Gasteiger partial charge in [-0.05, 0) is 16.0 Å². The zero-order chi connectivity index (χ0) is 8.43. The van der Waals surface area contributed by atoms with E-state index in [9.17, 15) is 14.5 Å². The molecule has 0 spiro atoms. The molecule has 2 N–H and O–H groups in total. The highest BCUT2D eigenvalue weighted by Gasteiger charge is 2.14. The molecule has 0 radical (unpaired) electrons. The van der Waals surface area contributed by atoms with Crippen LogP contribution in [-0.2, 0) is 0 Å². The number of nitrogen functional groups attached to an aromatic ring is 1. The number of hydrogen-bond acceptors (Lipinski definition) is 4. The first kappa shape index (κ1) is 7.39. The van der Waals surface area contributed by atoms with Crippen molar-refractivity contribution in [2.24, 2.45) is 0 Å². The minimum absolute atomic E-state index is 0.142. The van der Waals surface area contributed by atoms with Gasteiger partial charge in [-0.3, -0.25) is 0 Å². The van der Waals surface area contributed by atoms with E-state index in [2.05, 4.69) is 4.98 Å². The van der Waals surface area contributed by atoms with E-state index in [1.807, 2.05) is 0 Å². The number of nitro groups is 1. The second-order valence-corrected chi connectivity index (χ2v) is 1.80. The Balaban J connectivity index is 3.23. The van der Waals surface area contributed by atoms with Crippen molar-refractivity contribution in [2.45, 2.75) is 0 Å². The Hall–Kier alpha value is -1.72. The maximum absolute atomic E-state index is 12.2. The van der Waals surface area contributed by atoms with Crippen molar-refractivity contribution in [3.63, 3.8) is 0 Å². The monoisotopic (exact) mass is 157 g/mol. The fourth-order valence-electron chi connectivity index (χ4n) is 0.582. The highest BCUT2D eigenvalue weighted by molar-refractivity contribution is 5.52. The molecule has 11 heavy (non-hydrogen) atoms. The van der Waals surface area contributed by atoms with Crippen molar-refractivity contribution in [1.82, 2.24) is 4.98 Å². The number of hydrogen-bond donors (Lipinski definition) is 1. The lowest BCUT2D eigenvalue weighted by Gasteiger charge is -1.93. The van der Waals surface area contributed by atoms with Crippen LogP contribution in [-0.4, -0.2) is 9.91 Å². The van der Waals surface area contributed by atoms with E-state index in [0.717, 1.165) is 12.1 Å². The van der Waals surface area contributed by atoms with Crippen molar-refractivity contribution >= 4 is 11.5 Å². The lowest BCUT2D eigenvalue weighted by atomic mass is 10.4. The fraction of sp³-hybridized carbons (Fsp3) is 0. The summed E-state index contributed by atoms with van der Waals surface area (Å²) in [5, 5.41) is 10.1. The number of pyridine rings is 1. The summed E-state index contributed by atoms with van der Waals surface area (Å²) >= 11 is 0. The molecule has 0 bridgehead atoms. The van der Waals surface area contributed by atoms with Gasteiger partial charge < -0.3 is 15.8 Å². The van der Waals surface area contributed by atoms with E-state index < -0.39 is 16.7 Å². The number of anilines is 1. The average Bonchev–Trinajstić information content (AvgIpc) is 1.94. The molecule has 0 aliphatic carbocycles. The maximum atomic E-state index is 12.2. The smallest absolute Gasteiger partial charge is 0.389 e. The Morgan fingerprint density at radius 3 is 2.73 bits per heavy atom. The Kier molecular flexibility index (Phi) is 1.67. The maximum Gasteiger partial charge on any atom is 0.389 e. The summed E-state index contributed by atoms with van der Waals surface area (Å²) in [4.78, 5) is 12.2. The van der Waals surface area contributed by atoms with E-state index in [1.54, 1.807) is 0 Å². The van der Waals surface area contributed by atoms with Crippen LogP contribution >= 0.6 is 0 Å². The largest absolute Gasteiger partial charge is 0.392 e. The van der Waals surface area contributed by atoms with Gasteiger partial charge in [-0.1, -0.05) is 0 Å². The molecule has 1 aromatic heterocycles. The van der Waals surface area contributed by atoms with Gasteiger partial charge in [0.25, 0.3) is 0 Å². The third-order valence-corrected chi connectivity index (χ3v) is 1.04. The molecular weight excluding hydrogens is 153 g/mol. The standard InChI is InChI=1S/C5H4FN3O2/c6-4-2-1-3(7)5(8-4)9(10)11/h1-2H,7H2. The first-order chi connectivity index (χ1) is 5.11. The Bertz CT molecular complexity index is 302. The van der Waals surface area contributed by atoms with Gasteiger partial charge in [0.15, 0.2) is 0 Å². The second kappa shape index (κ2) is 2.49. The van der Waals surface area contributed by atoms with Gasteiger partial charge in [-0.15, -0.1) is 0 Å². The van der Waals surface area contributed by atoms with E-state index in [1.165, 1.54) is 0 Å². The fourth-order valence-corrected chi connectivity index (χ4v) is 0.582. The number of halogens is 1. The van der Waals surface area contributed by atoms with Gasteiger partial charge in [-0.25, -0.2) is 0 Å². The van der Waals surface area contributed by atoms with E-state index in [4.69, 9.17) is 5.73 Å². The zero-order valence-corrected chi connectivity index (χ0v) is 5.32. The summed E-state index contributed by atoms with van der Waals surface area (Å²) < 4.78 is 12.2. The molecule has 0 saturated heterocycles. The average molecular weight is 157 g/mol. The zero-order valence-electron chi connectivity index (χ0n) is 5.32. The van der Waals surface area contributed by atoms with Crippen molar-refractivity contribution in [3.8, 4) is 0 Å². The third kappa shape index (κ3) is 1.40. The molecule has 0 aliphatic heterocycles. The van der Waals surface area contributed by atoms with Gasteiger partial charge >= 0.3 is 11.8 Å². The van der Waals surface area contributed by atoms with Crippen molar-refractivity contribution in [2.75, 3.05) is 5.73 Å². The number of nitrogens with zero attached hydrogens (tertiary/aromatic N) is 2. The van der Waals surface area contributed by atoms with Crippen LogP contribution < -0.4 is 5.73 Å². The van der Waals surface area contributed by atoms with Crippen molar-refractivity contribution < 1.29 is 9.31 Å². The van der Waals surface area contributed by atoms with Crippen LogP contribution in [0, 0.1) is 16.1 Å². The first-order valence-corrected chi connectivity index (χ1v) is 2.67. The van der Waals surface area contributed by atoms with Crippen molar-refractivity contribution in [1.29, 1.82) is 0 Å². The quantitative estimate of drug-likeness (QED) is 0.369. The lowest BCUT2D eigenvalue weighted by molar-refractivity contribution is -0.388. The molecule has 6 heteroatoms. The van der Waals surface area contributed by atoms with E-state index >= 15 is 0 Å². The van der Waals surface area contributed by atoms with Crippen LogP contribution in [0.2, 0.25) is 0 Å². The molecule has 58 valence electrons. The van der Waals surface area contributed by atoms with Crippen LogP contribution in [0.1, 0.15) is 0 Å². The summed E-state index contributed by atoms with van der Waals surface area (Å²) in [6.07, 6.45) is 0. The molecule has 0 atom stereocenters. The topological polar surface area (TPSA) is 82.0 Å². The normalized spacial score (nSPS) is 9.55. The van der Waals surface area contributed by atoms with Crippen LogP contribution in [0.5, 0.6) is 0 Å². The summed E-state index contributed by atoms with van der Waals surface area (Å²) in [5.74, 6) is -1.56. The van der Waals surface area contributed by atoms with Gasteiger partial charge in [0.2, 0.25) is 0 Å². The number of nitrogens with two attached hydrogens (primary N) is 1. The van der Waals surface area contributed by atoms with Gasteiger partial charge in [-0.2, -0.15) is 4.39 Å². The highest BCUT2D eigenvalue weighted by Crippen LogP contribution is 2.16. The molecule has 0 aliphatic rings. The Labute approximate surface area is 60.8 Å². The molecular formula is C5H4FN3O2. The van der Waals surface area contributed by atoms with Gasteiger partial charge in [0, 0.05) is 6.07 Å². The summed E-state index contributed by atoms with van der Waals surface area (Å²) in [7, 11) is 0. The minimum atomic E-state index is -0.911. The van der Waals surface area contributed by atoms with Crippen LogP contribution in [0.4, 0.5) is 15.9 Å². The van der Waals surface area contributed by atoms with Crippen LogP contribution in [0.25, 0.3) is 0 Å². The molecule has 5 nitrogen and oxygen atoms in total. The summed E-state index contributed by atoms with van der Waals surface area (Å²) in [5.41, 5.74) is 4.98. The minimum Gasteiger partial charge on any atom is -0.392 e. The first-order valence-electron chi connectivity index (χ1n) is 2.67. The predicted octanol–water partition coefficient (Wildman–Crippen LogP) is 0.711. The van der Waals surface area contributed by atoms with Crippen LogP contribution in [0.15, 0.2) is 12.1 Å². The molecule has 0 amide bonds. The van der Waals surface area contributed by atoms with E-state index in [0.29, 0.717) is 0 Å². The molecule has 1 aromatic rings. The second-order valence-electron chi connectivity index (χ2n) is 1.80. The number of rotatable bonds is 1. The summed E-state index contributed by atoms with van der Waals surface area (Å²) in [6, 6.07) is 2.06. The molecule has 0 unspecified atom stereocenters. The lowest BCUT2D eigenvalue weighted by Crippen LogP contribution is -1.99. The molecule has 0 saturated carbocycles. The van der Waals surface area contributed by atoms with Crippen molar-refractivity contribution in [3.05, 3.63) is 28.2 Å². The predicted molar refractivity (Wildman–Crippen MR) is 35.3 cm³/mol. The van der Waals surface area contributed by atoms with Crippen LogP contribution in [0.3, 0.4) is 0 Å². The van der Waals surface area contributed by atoms with Gasteiger partial charge in [0.05, 0.1) is 0 Å². The summed E-state index contributed by atoms with van der Waals surface area (Å²) in [6.45, 7) is 0. The Morgan fingerprint density at radius 1 is 1.64 bits per heavy atom. The number of aromatic nitrogens is 1. The third-order valence-electron chi connectivity index (χ3n) is 1.04.